The molecule has 1 unspecified atom stereocenters. The van der Waals surface area contributed by atoms with Crippen LogP contribution in [-0.2, 0) is 9.47 Å². The lowest BCUT2D eigenvalue weighted by molar-refractivity contribution is -0.0642. The summed E-state index contributed by atoms with van der Waals surface area (Å²) in [4.78, 5) is 0. The van der Waals surface area contributed by atoms with Gasteiger partial charge in [0.25, 0.3) is 0 Å². The van der Waals surface area contributed by atoms with Crippen LogP contribution in [-0.4, -0.2) is 31.6 Å². The van der Waals surface area contributed by atoms with Gasteiger partial charge < -0.3 is 9.47 Å². The van der Waals surface area contributed by atoms with E-state index < -0.39 is 0 Å². The molecule has 0 aliphatic heterocycles. The molecule has 0 N–H and O–H groups in total. The summed E-state index contributed by atoms with van der Waals surface area (Å²) in [5, 5.41) is 8.99. The molecule has 20 heavy (non-hydrogen) atoms. The van der Waals surface area contributed by atoms with Crippen molar-refractivity contribution in [3.8, 4) is 0 Å². The van der Waals surface area contributed by atoms with Gasteiger partial charge in [0.05, 0.1) is 12.6 Å². The molecule has 0 aromatic heterocycles. The first-order valence-electron chi connectivity index (χ1n) is 8.26. The molecule has 0 radical (unpaired) electrons. The van der Waals surface area contributed by atoms with Crippen LogP contribution >= 0.6 is 0 Å². The molecule has 0 aromatic carbocycles. The topological polar surface area (TPSA) is 43.2 Å². The van der Waals surface area contributed by atoms with E-state index in [1.165, 1.54) is 19.3 Å². The molecule has 118 valence electrons. The monoisotopic (exact) mass is 284 g/mol. The second-order valence-electron chi connectivity index (χ2n) is 6.07. The van der Waals surface area contributed by atoms with E-state index in [0.717, 1.165) is 25.9 Å². The summed E-state index contributed by atoms with van der Waals surface area (Å²) >= 11 is 0. The van der Waals surface area contributed by atoms with Gasteiger partial charge in [-0.3, -0.25) is 0 Å². The first kappa shape index (κ1) is 17.6. The molecule has 0 aromatic rings. The number of rotatable bonds is 9. The van der Waals surface area contributed by atoms with E-state index in [-0.39, 0.29) is 11.8 Å². The summed E-state index contributed by atoms with van der Waals surface area (Å²) in [5.41, 5.74) is -0.346. The Morgan fingerprint density at radius 1 is 1.05 bits per heavy atom. The largest absolute Gasteiger partial charge is 0.376 e. The lowest BCUT2D eigenvalue weighted by atomic mass is 9.92. The molecular formula is C16H32N2O2. The van der Waals surface area contributed by atoms with E-state index in [9.17, 15) is 0 Å². The van der Waals surface area contributed by atoms with Gasteiger partial charge in [-0.2, -0.15) is 10.2 Å². The van der Waals surface area contributed by atoms with Gasteiger partial charge in [0.1, 0.15) is 0 Å². The Morgan fingerprint density at radius 3 is 2.30 bits per heavy atom. The van der Waals surface area contributed by atoms with Crippen LogP contribution < -0.4 is 0 Å². The molecule has 1 saturated carbocycles. The quantitative estimate of drug-likeness (QED) is 0.581. The van der Waals surface area contributed by atoms with Gasteiger partial charge >= 0.3 is 0 Å². The van der Waals surface area contributed by atoms with E-state index in [0.29, 0.717) is 19.1 Å². The van der Waals surface area contributed by atoms with Gasteiger partial charge in [-0.05, 0) is 51.9 Å². The van der Waals surface area contributed by atoms with Gasteiger partial charge in [-0.15, -0.1) is 0 Å². The van der Waals surface area contributed by atoms with Crippen molar-refractivity contribution in [3.63, 3.8) is 0 Å². The Labute approximate surface area is 124 Å². The minimum absolute atomic E-state index is 0.186. The summed E-state index contributed by atoms with van der Waals surface area (Å²) in [7, 11) is 0. The molecule has 1 rings (SSSR count). The van der Waals surface area contributed by atoms with Crippen molar-refractivity contribution in [2.24, 2.45) is 16.1 Å². The lowest BCUT2D eigenvalue weighted by Gasteiger charge is -2.32. The molecule has 0 heterocycles. The van der Waals surface area contributed by atoms with Crippen molar-refractivity contribution < 1.29 is 9.47 Å². The molecule has 0 spiro atoms. The maximum absolute atomic E-state index is 5.89. The van der Waals surface area contributed by atoms with Crippen LogP contribution in [0.5, 0.6) is 0 Å². The predicted molar refractivity (Wildman–Crippen MR) is 82.0 cm³/mol. The molecule has 0 bridgehead atoms. The Hall–Kier alpha value is -0.480. The summed E-state index contributed by atoms with van der Waals surface area (Å²) in [6.07, 6.45) is 6.92. The molecule has 1 atom stereocenters. The zero-order chi connectivity index (χ0) is 14.8. The lowest BCUT2D eigenvalue weighted by Crippen LogP contribution is -2.33. The molecule has 0 saturated heterocycles. The Balaban J connectivity index is 2.53. The number of hydrogen-bond acceptors (Lipinski definition) is 4. The second-order valence-corrected chi connectivity index (χ2v) is 6.07. The van der Waals surface area contributed by atoms with E-state index in [4.69, 9.17) is 9.47 Å². The van der Waals surface area contributed by atoms with Gasteiger partial charge in [0.15, 0.2) is 5.72 Å². The molecular weight excluding hydrogens is 252 g/mol. The minimum atomic E-state index is -0.346. The Kier molecular flexibility index (Phi) is 8.31. The fourth-order valence-electron chi connectivity index (χ4n) is 2.86. The van der Waals surface area contributed by atoms with Crippen LogP contribution in [0.3, 0.4) is 0 Å². The van der Waals surface area contributed by atoms with Gasteiger partial charge in [0.2, 0.25) is 0 Å². The maximum Gasteiger partial charge on any atom is 0.178 e. The first-order valence-corrected chi connectivity index (χ1v) is 8.26. The fourth-order valence-corrected chi connectivity index (χ4v) is 2.86. The standard InChI is InChI=1S/C16H32N2O2/c1-5-19-15(12-14(3)4)13-17-18-16(20-6-2)10-8-7-9-11-16/h14-15H,5-13H2,1-4H3. The van der Waals surface area contributed by atoms with Crippen LogP contribution in [0.2, 0.25) is 0 Å². The van der Waals surface area contributed by atoms with E-state index in [1.54, 1.807) is 0 Å². The summed E-state index contributed by atoms with van der Waals surface area (Å²) in [6, 6.07) is 0. The van der Waals surface area contributed by atoms with Crippen molar-refractivity contribution in [2.75, 3.05) is 19.8 Å². The Bertz CT molecular complexity index is 268. The van der Waals surface area contributed by atoms with Crippen LogP contribution in [0.1, 0.15) is 66.2 Å². The second kappa shape index (κ2) is 9.46. The molecule has 4 nitrogen and oxygen atoms in total. The minimum Gasteiger partial charge on any atom is -0.376 e. The molecule has 0 amide bonds. The smallest absolute Gasteiger partial charge is 0.178 e. The van der Waals surface area contributed by atoms with Gasteiger partial charge in [-0.1, -0.05) is 20.3 Å². The van der Waals surface area contributed by atoms with Crippen LogP contribution in [0.4, 0.5) is 0 Å². The number of azo groups is 1. The summed E-state index contributed by atoms with van der Waals surface area (Å²) in [5.74, 6) is 0.622. The third kappa shape index (κ3) is 6.31. The number of hydrogen-bond donors (Lipinski definition) is 0. The third-order valence-electron chi connectivity index (χ3n) is 3.72. The van der Waals surface area contributed by atoms with Crippen molar-refractivity contribution in [1.29, 1.82) is 0 Å². The van der Waals surface area contributed by atoms with Crippen molar-refractivity contribution in [2.45, 2.75) is 78.0 Å². The number of ether oxygens (including phenoxy) is 2. The molecule has 1 aliphatic rings. The highest BCUT2D eigenvalue weighted by Gasteiger charge is 2.32. The van der Waals surface area contributed by atoms with E-state index in [1.807, 2.05) is 13.8 Å². The number of nitrogens with zero attached hydrogens (tertiary/aromatic N) is 2. The summed E-state index contributed by atoms with van der Waals surface area (Å²) in [6.45, 7) is 10.6. The van der Waals surface area contributed by atoms with Crippen molar-refractivity contribution >= 4 is 0 Å². The Morgan fingerprint density at radius 2 is 1.75 bits per heavy atom. The normalized spacial score (nSPS) is 20.6. The molecule has 4 heteroatoms. The SMILES string of the molecule is CCOC(CN=NC1(OCC)CCCCC1)CC(C)C. The van der Waals surface area contributed by atoms with Crippen LogP contribution in [0, 0.1) is 5.92 Å². The van der Waals surface area contributed by atoms with Crippen molar-refractivity contribution in [1.82, 2.24) is 0 Å². The zero-order valence-electron chi connectivity index (χ0n) is 13.7. The predicted octanol–water partition coefficient (Wildman–Crippen LogP) is 4.59. The van der Waals surface area contributed by atoms with Crippen LogP contribution in [0.15, 0.2) is 10.2 Å². The van der Waals surface area contributed by atoms with Crippen LogP contribution in [0.25, 0.3) is 0 Å². The average molecular weight is 284 g/mol. The van der Waals surface area contributed by atoms with Gasteiger partial charge in [-0.25, -0.2) is 0 Å². The first-order chi connectivity index (χ1) is 9.62. The molecule has 1 fully saturated rings. The highest BCUT2D eigenvalue weighted by Crippen LogP contribution is 2.33. The highest BCUT2D eigenvalue weighted by molar-refractivity contribution is 4.81. The maximum atomic E-state index is 5.89. The van der Waals surface area contributed by atoms with Crippen molar-refractivity contribution in [3.05, 3.63) is 0 Å². The molecule has 1 aliphatic carbocycles. The van der Waals surface area contributed by atoms with Gasteiger partial charge in [0, 0.05) is 13.2 Å². The average Bonchev–Trinajstić information content (AvgIpc) is 2.39. The zero-order valence-corrected chi connectivity index (χ0v) is 13.7. The summed E-state index contributed by atoms with van der Waals surface area (Å²) < 4.78 is 11.6. The fraction of sp³-hybridized carbons (Fsp3) is 1.00. The highest BCUT2D eigenvalue weighted by atomic mass is 16.5. The van der Waals surface area contributed by atoms with E-state index >= 15 is 0 Å². The van der Waals surface area contributed by atoms with E-state index in [2.05, 4.69) is 24.1 Å². The third-order valence-corrected chi connectivity index (χ3v) is 3.72.